The fraction of sp³-hybridized carbons (Fsp3) is 0.267. The summed E-state index contributed by atoms with van der Waals surface area (Å²) in [6, 6.07) is 13.1. The molecule has 0 aliphatic carbocycles. The second kappa shape index (κ2) is 6.66. The number of nitrogens with zero attached hydrogens (tertiary/aromatic N) is 1. The van der Waals surface area contributed by atoms with Gasteiger partial charge in [-0.15, -0.1) is 0 Å². The first-order valence-electron chi connectivity index (χ1n) is 6.08. The van der Waals surface area contributed by atoms with Crippen molar-refractivity contribution in [1.82, 2.24) is 10.3 Å². The van der Waals surface area contributed by atoms with Crippen molar-refractivity contribution >= 4 is 15.9 Å². The van der Waals surface area contributed by atoms with E-state index >= 15 is 0 Å². The van der Waals surface area contributed by atoms with Crippen molar-refractivity contribution in [2.45, 2.75) is 18.9 Å². The molecular weight excluding hydrogens is 288 g/mol. The van der Waals surface area contributed by atoms with Gasteiger partial charge in [0, 0.05) is 22.9 Å². The number of hydrogen-bond donors (Lipinski definition) is 1. The van der Waals surface area contributed by atoms with E-state index in [4.69, 9.17) is 0 Å². The highest BCUT2D eigenvalue weighted by Gasteiger charge is 2.08. The maximum atomic E-state index is 4.20. The number of halogens is 1. The molecule has 1 aromatic heterocycles. The summed E-state index contributed by atoms with van der Waals surface area (Å²) in [5, 5.41) is 3.38. The third kappa shape index (κ3) is 3.93. The van der Waals surface area contributed by atoms with E-state index in [1.807, 2.05) is 19.4 Å². The monoisotopic (exact) mass is 304 g/mol. The van der Waals surface area contributed by atoms with E-state index in [0.29, 0.717) is 6.04 Å². The highest BCUT2D eigenvalue weighted by Crippen LogP contribution is 2.13. The van der Waals surface area contributed by atoms with Crippen molar-refractivity contribution in [2.24, 2.45) is 0 Å². The number of pyridine rings is 1. The van der Waals surface area contributed by atoms with Gasteiger partial charge in [-0.1, -0.05) is 30.3 Å². The van der Waals surface area contributed by atoms with Gasteiger partial charge in [0.25, 0.3) is 0 Å². The molecule has 0 radical (unpaired) electrons. The average molecular weight is 305 g/mol. The molecule has 1 unspecified atom stereocenters. The molecule has 0 saturated carbocycles. The van der Waals surface area contributed by atoms with Crippen LogP contribution in [0.25, 0.3) is 0 Å². The van der Waals surface area contributed by atoms with Crippen LogP contribution in [0, 0.1) is 0 Å². The Kier molecular flexibility index (Phi) is 4.90. The molecule has 2 aromatic rings. The predicted octanol–water partition coefficient (Wildman–Crippen LogP) is 3.22. The van der Waals surface area contributed by atoms with Crippen molar-refractivity contribution in [3.63, 3.8) is 0 Å². The molecule has 0 spiro atoms. The van der Waals surface area contributed by atoms with Gasteiger partial charge in [-0.3, -0.25) is 4.98 Å². The smallest absolute Gasteiger partial charge is 0.0410 e. The van der Waals surface area contributed by atoms with Crippen LogP contribution in [-0.4, -0.2) is 18.1 Å². The molecule has 1 heterocycles. The van der Waals surface area contributed by atoms with Gasteiger partial charge < -0.3 is 5.32 Å². The predicted molar refractivity (Wildman–Crippen MR) is 78.6 cm³/mol. The lowest BCUT2D eigenvalue weighted by atomic mass is 10.0. The molecule has 0 aliphatic heterocycles. The van der Waals surface area contributed by atoms with Crippen LogP contribution in [0.4, 0.5) is 0 Å². The second-order valence-corrected chi connectivity index (χ2v) is 5.31. The summed E-state index contributed by atoms with van der Waals surface area (Å²) in [6.07, 6.45) is 5.76. The third-order valence-corrected chi connectivity index (χ3v) is 3.41. The zero-order chi connectivity index (χ0) is 12.8. The lowest BCUT2D eigenvalue weighted by Crippen LogP contribution is -2.29. The second-order valence-electron chi connectivity index (χ2n) is 4.39. The summed E-state index contributed by atoms with van der Waals surface area (Å²) in [7, 11) is 2.01. The van der Waals surface area contributed by atoms with Crippen molar-refractivity contribution < 1.29 is 0 Å². The Morgan fingerprint density at radius 1 is 1.11 bits per heavy atom. The molecule has 0 bridgehead atoms. The quantitative estimate of drug-likeness (QED) is 0.917. The highest BCUT2D eigenvalue weighted by molar-refractivity contribution is 9.10. The van der Waals surface area contributed by atoms with Gasteiger partial charge in [0.1, 0.15) is 0 Å². The first kappa shape index (κ1) is 13.2. The molecule has 0 aliphatic rings. The van der Waals surface area contributed by atoms with Crippen molar-refractivity contribution in [3.8, 4) is 0 Å². The largest absolute Gasteiger partial charge is 0.316 e. The summed E-state index contributed by atoms with van der Waals surface area (Å²) in [4.78, 5) is 4.20. The highest BCUT2D eigenvalue weighted by atomic mass is 79.9. The molecule has 2 rings (SSSR count). The van der Waals surface area contributed by atoms with Crippen LogP contribution in [0.2, 0.25) is 0 Å². The van der Waals surface area contributed by atoms with Crippen molar-refractivity contribution in [2.75, 3.05) is 7.05 Å². The van der Waals surface area contributed by atoms with E-state index in [1.165, 1.54) is 11.1 Å². The summed E-state index contributed by atoms with van der Waals surface area (Å²) in [5.74, 6) is 0. The molecule has 2 nitrogen and oxygen atoms in total. The van der Waals surface area contributed by atoms with Gasteiger partial charge in [-0.05, 0) is 53.0 Å². The van der Waals surface area contributed by atoms with E-state index in [9.17, 15) is 0 Å². The van der Waals surface area contributed by atoms with Crippen LogP contribution in [0.5, 0.6) is 0 Å². The number of rotatable bonds is 5. The summed E-state index contributed by atoms with van der Waals surface area (Å²) in [6.45, 7) is 0. The van der Waals surface area contributed by atoms with Crippen molar-refractivity contribution in [1.29, 1.82) is 0 Å². The van der Waals surface area contributed by atoms with E-state index in [0.717, 1.165) is 17.3 Å². The zero-order valence-electron chi connectivity index (χ0n) is 10.4. The van der Waals surface area contributed by atoms with Gasteiger partial charge in [0.05, 0.1) is 0 Å². The van der Waals surface area contributed by atoms with Crippen LogP contribution in [-0.2, 0) is 12.8 Å². The van der Waals surface area contributed by atoms with Gasteiger partial charge in [0.15, 0.2) is 0 Å². The minimum Gasteiger partial charge on any atom is -0.316 e. The molecular formula is C15H17BrN2. The minimum atomic E-state index is 0.434. The Morgan fingerprint density at radius 2 is 1.83 bits per heavy atom. The van der Waals surface area contributed by atoms with Gasteiger partial charge in [0.2, 0.25) is 0 Å². The molecule has 1 aromatic carbocycles. The van der Waals surface area contributed by atoms with Gasteiger partial charge >= 0.3 is 0 Å². The van der Waals surface area contributed by atoms with E-state index in [1.54, 1.807) is 0 Å². The first-order valence-corrected chi connectivity index (χ1v) is 6.88. The van der Waals surface area contributed by atoms with E-state index < -0.39 is 0 Å². The number of hydrogen-bond acceptors (Lipinski definition) is 2. The Morgan fingerprint density at radius 3 is 2.50 bits per heavy atom. The molecule has 3 heteroatoms. The van der Waals surface area contributed by atoms with E-state index in [2.05, 4.69) is 62.6 Å². The first-order chi connectivity index (χ1) is 8.78. The Bertz CT molecular complexity index is 485. The zero-order valence-corrected chi connectivity index (χ0v) is 12.0. The number of aromatic nitrogens is 1. The van der Waals surface area contributed by atoms with Crippen molar-refractivity contribution in [3.05, 3.63) is 64.4 Å². The SMILES string of the molecule is CNC(Cc1ccccc1)Cc1cncc(Br)c1. The van der Waals surface area contributed by atoms with Crippen LogP contribution < -0.4 is 5.32 Å². The van der Waals surface area contributed by atoms with Gasteiger partial charge in [-0.2, -0.15) is 0 Å². The Hall–Kier alpha value is -1.19. The van der Waals surface area contributed by atoms with E-state index in [-0.39, 0.29) is 0 Å². The van der Waals surface area contributed by atoms with Gasteiger partial charge in [-0.25, -0.2) is 0 Å². The standard InChI is InChI=1S/C15H17BrN2/c1-17-15(8-12-5-3-2-4-6-12)9-13-7-14(16)11-18-10-13/h2-7,10-11,15,17H,8-9H2,1H3. The van der Waals surface area contributed by atoms with Crippen LogP contribution in [0.3, 0.4) is 0 Å². The lowest BCUT2D eigenvalue weighted by molar-refractivity contribution is 0.555. The summed E-state index contributed by atoms with van der Waals surface area (Å²) in [5.41, 5.74) is 2.61. The summed E-state index contributed by atoms with van der Waals surface area (Å²) >= 11 is 3.46. The number of nitrogens with one attached hydrogen (secondary N) is 1. The molecule has 1 atom stereocenters. The molecule has 18 heavy (non-hydrogen) atoms. The molecule has 0 amide bonds. The average Bonchev–Trinajstić information content (AvgIpc) is 2.39. The fourth-order valence-corrected chi connectivity index (χ4v) is 2.44. The minimum absolute atomic E-state index is 0.434. The van der Waals surface area contributed by atoms with Crippen LogP contribution in [0.1, 0.15) is 11.1 Å². The summed E-state index contributed by atoms with van der Waals surface area (Å²) < 4.78 is 1.04. The molecule has 0 fully saturated rings. The normalized spacial score (nSPS) is 12.3. The van der Waals surface area contributed by atoms with Crippen LogP contribution >= 0.6 is 15.9 Å². The lowest BCUT2D eigenvalue weighted by Gasteiger charge is -2.16. The Balaban J connectivity index is 2.01. The van der Waals surface area contributed by atoms with Crippen LogP contribution in [0.15, 0.2) is 53.3 Å². The molecule has 1 N–H and O–H groups in total. The maximum absolute atomic E-state index is 4.20. The third-order valence-electron chi connectivity index (χ3n) is 2.98. The maximum Gasteiger partial charge on any atom is 0.0410 e. The number of likely N-dealkylation sites (N-methyl/N-ethyl adjacent to an activating group) is 1. The molecule has 0 saturated heterocycles. The fourth-order valence-electron chi connectivity index (χ4n) is 2.03. The topological polar surface area (TPSA) is 24.9 Å². The molecule has 94 valence electrons. The number of benzene rings is 1. The Labute approximate surface area is 117 Å².